The summed E-state index contributed by atoms with van der Waals surface area (Å²) >= 11 is 12.4. The van der Waals surface area contributed by atoms with Crippen LogP contribution in [0.2, 0.25) is 10.0 Å². The van der Waals surface area contributed by atoms with Gasteiger partial charge in [0.15, 0.2) is 11.5 Å². The van der Waals surface area contributed by atoms with E-state index in [-0.39, 0.29) is 12.2 Å². The fraction of sp³-hybridized carbons (Fsp3) is 0.174. The topological polar surface area (TPSA) is 67.8 Å². The average Bonchev–Trinajstić information content (AvgIpc) is 2.73. The number of carboxylic acid groups (broad SMARTS) is 1. The Balaban J connectivity index is 1.69. The second-order valence-corrected chi connectivity index (χ2v) is 7.25. The number of carbonyl (C=O) groups is 1. The molecule has 0 aromatic heterocycles. The first-order chi connectivity index (χ1) is 14.5. The number of ether oxygens (including phenoxy) is 2. The maximum atomic E-state index is 10.9. The van der Waals surface area contributed by atoms with Gasteiger partial charge in [-0.25, -0.2) is 4.79 Å². The maximum Gasteiger partial charge on any atom is 0.335 e. The lowest BCUT2D eigenvalue weighted by Gasteiger charge is -2.15. The Bertz CT molecular complexity index is 1000. The molecule has 0 saturated carbocycles. The van der Waals surface area contributed by atoms with Gasteiger partial charge in [-0.05, 0) is 61.0 Å². The van der Waals surface area contributed by atoms with E-state index in [1.165, 1.54) is 0 Å². The summed E-state index contributed by atoms with van der Waals surface area (Å²) in [5.74, 6) is 0.278. The number of carboxylic acids is 1. The number of halogens is 2. The number of benzene rings is 3. The molecule has 2 N–H and O–H groups in total. The van der Waals surface area contributed by atoms with E-state index in [1.54, 1.807) is 42.5 Å². The van der Waals surface area contributed by atoms with Crippen molar-refractivity contribution in [1.29, 1.82) is 0 Å². The van der Waals surface area contributed by atoms with Crippen LogP contribution < -0.4 is 14.8 Å². The Morgan fingerprint density at radius 2 is 1.67 bits per heavy atom. The summed E-state index contributed by atoms with van der Waals surface area (Å²) < 4.78 is 11.7. The van der Waals surface area contributed by atoms with E-state index >= 15 is 0 Å². The van der Waals surface area contributed by atoms with Crippen molar-refractivity contribution in [3.8, 4) is 11.5 Å². The Hall–Kier alpha value is -2.89. The third-order valence-electron chi connectivity index (χ3n) is 4.37. The zero-order chi connectivity index (χ0) is 21.5. The molecule has 0 aliphatic carbocycles. The van der Waals surface area contributed by atoms with Crippen LogP contribution in [0.3, 0.4) is 0 Å². The summed E-state index contributed by atoms with van der Waals surface area (Å²) in [4.78, 5) is 10.9. The molecule has 0 aliphatic heterocycles. The van der Waals surface area contributed by atoms with Gasteiger partial charge in [0.1, 0.15) is 6.61 Å². The highest BCUT2D eigenvalue weighted by molar-refractivity contribution is 6.35. The first-order valence-electron chi connectivity index (χ1n) is 9.36. The number of anilines is 1. The molecule has 0 bridgehead atoms. The zero-order valence-corrected chi connectivity index (χ0v) is 17.8. The van der Waals surface area contributed by atoms with Gasteiger partial charge in [-0.1, -0.05) is 35.3 Å². The molecule has 0 fully saturated rings. The maximum absolute atomic E-state index is 10.9. The highest BCUT2D eigenvalue weighted by Gasteiger charge is 2.11. The summed E-state index contributed by atoms with van der Waals surface area (Å²) in [6, 6.07) is 17.6. The highest BCUT2D eigenvalue weighted by atomic mass is 35.5. The fourth-order valence-electron chi connectivity index (χ4n) is 2.80. The molecule has 0 radical (unpaired) electrons. The van der Waals surface area contributed by atoms with Crippen molar-refractivity contribution in [1.82, 2.24) is 0 Å². The molecule has 0 heterocycles. The lowest BCUT2D eigenvalue weighted by Crippen LogP contribution is -2.04. The van der Waals surface area contributed by atoms with Crippen molar-refractivity contribution in [2.24, 2.45) is 0 Å². The molecule has 7 heteroatoms. The quantitative estimate of drug-likeness (QED) is 0.405. The zero-order valence-electron chi connectivity index (χ0n) is 16.3. The molecular formula is C23H21Cl2NO4. The molecule has 30 heavy (non-hydrogen) atoms. The van der Waals surface area contributed by atoms with Crippen LogP contribution in [0.15, 0.2) is 60.7 Å². The molecule has 0 amide bonds. The van der Waals surface area contributed by atoms with Crippen LogP contribution >= 0.6 is 23.2 Å². The lowest BCUT2D eigenvalue weighted by atomic mass is 10.1. The minimum atomic E-state index is -0.948. The molecule has 0 aliphatic rings. The molecule has 156 valence electrons. The fourth-order valence-corrected chi connectivity index (χ4v) is 3.31. The molecule has 0 spiro atoms. The summed E-state index contributed by atoms with van der Waals surface area (Å²) in [6.07, 6.45) is 0. The predicted molar refractivity (Wildman–Crippen MR) is 119 cm³/mol. The Kier molecular flexibility index (Phi) is 7.44. The predicted octanol–water partition coefficient (Wildman–Crippen LogP) is 6.28. The third kappa shape index (κ3) is 5.59. The van der Waals surface area contributed by atoms with Gasteiger partial charge in [-0.3, -0.25) is 0 Å². The standard InChI is InChI=1S/C23H21Cl2NO4/c1-2-29-22-12-15(13-26-17-9-7-16(8-10-17)23(27)28)6-11-21(22)30-14-18-19(24)4-3-5-20(18)25/h3-12,26H,2,13-14H2,1H3,(H,27,28). The Morgan fingerprint density at radius 1 is 0.967 bits per heavy atom. The van der Waals surface area contributed by atoms with E-state index < -0.39 is 5.97 Å². The smallest absolute Gasteiger partial charge is 0.335 e. The van der Waals surface area contributed by atoms with E-state index in [9.17, 15) is 4.79 Å². The van der Waals surface area contributed by atoms with Crippen molar-refractivity contribution in [2.45, 2.75) is 20.1 Å². The molecular weight excluding hydrogens is 425 g/mol. The van der Waals surface area contributed by atoms with Crippen LogP contribution in [0.25, 0.3) is 0 Å². The molecule has 3 aromatic carbocycles. The van der Waals surface area contributed by atoms with E-state index in [4.69, 9.17) is 37.8 Å². The van der Waals surface area contributed by atoms with Gasteiger partial charge in [0.2, 0.25) is 0 Å². The van der Waals surface area contributed by atoms with Crippen LogP contribution in [0, 0.1) is 0 Å². The van der Waals surface area contributed by atoms with Crippen LogP contribution in [0.1, 0.15) is 28.4 Å². The Labute approximate surface area is 185 Å². The molecule has 0 saturated heterocycles. The minimum absolute atomic E-state index is 0.228. The summed E-state index contributed by atoms with van der Waals surface area (Å²) in [5.41, 5.74) is 2.79. The second-order valence-electron chi connectivity index (χ2n) is 6.44. The number of rotatable bonds is 9. The van der Waals surface area contributed by atoms with Crippen molar-refractivity contribution < 1.29 is 19.4 Å². The average molecular weight is 446 g/mol. The lowest BCUT2D eigenvalue weighted by molar-refractivity contribution is 0.0697. The monoisotopic (exact) mass is 445 g/mol. The van der Waals surface area contributed by atoms with Gasteiger partial charge in [-0.2, -0.15) is 0 Å². The van der Waals surface area contributed by atoms with Crippen LogP contribution in [-0.2, 0) is 13.2 Å². The molecule has 3 aromatic rings. The van der Waals surface area contributed by atoms with Crippen LogP contribution in [0.4, 0.5) is 5.69 Å². The summed E-state index contributed by atoms with van der Waals surface area (Å²) in [7, 11) is 0. The van der Waals surface area contributed by atoms with Crippen molar-refractivity contribution in [2.75, 3.05) is 11.9 Å². The number of aromatic carboxylic acids is 1. The van der Waals surface area contributed by atoms with Crippen molar-refractivity contribution in [3.63, 3.8) is 0 Å². The molecule has 0 atom stereocenters. The molecule has 3 rings (SSSR count). The normalized spacial score (nSPS) is 10.5. The summed E-state index contributed by atoms with van der Waals surface area (Å²) in [6.45, 7) is 3.18. The number of hydrogen-bond donors (Lipinski definition) is 2. The van der Waals surface area contributed by atoms with Gasteiger partial charge < -0.3 is 19.9 Å². The van der Waals surface area contributed by atoms with Crippen LogP contribution in [-0.4, -0.2) is 17.7 Å². The first kappa shape index (κ1) is 21.8. The van der Waals surface area contributed by atoms with Gasteiger partial charge in [0.05, 0.1) is 12.2 Å². The number of nitrogens with one attached hydrogen (secondary N) is 1. The van der Waals surface area contributed by atoms with Gasteiger partial charge in [0, 0.05) is 27.8 Å². The van der Waals surface area contributed by atoms with Crippen LogP contribution in [0.5, 0.6) is 11.5 Å². The van der Waals surface area contributed by atoms with Gasteiger partial charge >= 0.3 is 5.97 Å². The minimum Gasteiger partial charge on any atom is -0.490 e. The molecule has 0 unspecified atom stereocenters. The van der Waals surface area contributed by atoms with Gasteiger partial charge in [0.25, 0.3) is 0 Å². The van der Waals surface area contributed by atoms with Crippen molar-refractivity contribution in [3.05, 3.63) is 87.4 Å². The summed E-state index contributed by atoms with van der Waals surface area (Å²) in [5, 5.41) is 13.3. The SMILES string of the molecule is CCOc1cc(CNc2ccc(C(=O)O)cc2)ccc1OCc1c(Cl)cccc1Cl. The number of hydrogen-bond acceptors (Lipinski definition) is 4. The van der Waals surface area contributed by atoms with E-state index in [1.807, 2.05) is 25.1 Å². The highest BCUT2D eigenvalue weighted by Crippen LogP contribution is 2.32. The Morgan fingerprint density at radius 3 is 2.30 bits per heavy atom. The van der Waals surface area contributed by atoms with Gasteiger partial charge in [-0.15, -0.1) is 0 Å². The largest absolute Gasteiger partial charge is 0.490 e. The van der Waals surface area contributed by atoms with E-state index in [2.05, 4.69) is 5.32 Å². The van der Waals surface area contributed by atoms with E-state index in [0.29, 0.717) is 34.7 Å². The second kappa shape index (κ2) is 10.2. The van der Waals surface area contributed by atoms with Crippen molar-refractivity contribution >= 4 is 34.9 Å². The molecule has 5 nitrogen and oxygen atoms in total. The van der Waals surface area contributed by atoms with E-state index in [0.717, 1.165) is 16.8 Å². The first-order valence-corrected chi connectivity index (χ1v) is 10.1. The third-order valence-corrected chi connectivity index (χ3v) is 5.08.